The number of carbonyl (C=O) groups is 1. The van der Waals surface area contributed by atoms with Gasteiger partial charge in [0.25, 0.3) is 5.91 Å². The lowest BCUT2D eigenvalue weighted by molar-refractivity contribution is -0.301. The first-order valence-electron chi connectivity index (χ1n) is 14.0. The fourth-order valence-electron chi connectivity index (χ4n) is 5.05. The number of amides is 1. The van der Waals surface area contributed by atoms with Crippen LogP contribution in [0.4, 0.5) is 36.6 Å². The number of aliphatic hydroxyl groups is 1. The van der Waals surface area contributed by atoms with Gasteiger partial charge in [-0.15, -0.1) is 0 Å². The molecule has 2 aromatic carbocycles. The van der Waals surface area contributed by atoms with E-state index in [1.165, 1.54) is 66.6 Å². The third kappa shape index (κ3) is 8.14. The zero-order valence-electron chi connectivity index (χ0n) is 24.2. The van der Waals surface area contributed by atoms with Gasteiger partial charge < -0.3 is 20.1 Å². The number of nitrogens with one attached hydrogen (secondary N) is 1. The number of hydrogen-bond donors (Lipinski definition) is 2. The van der Waals surface area contributed by atoms with Crippen LogP contribution < -0.4 is 10.2 Å². The summed E-state index contributed by atoms with van der Waals surface area (Å²) in [6.45, 7) is 0.227. The SMILES string of the molecule is CCS(=O)(=O)c1ccc([C@H](CO)NC(=O)c2ccc(N3CC(c4ccc(C(F)(F)F)cc4)C[C@H]3COC(F)(F)C(F)F)nc2)cc1. The lowest BCUT2D eigenvalue weighted by Crippen LogP contribution is -2.39. The number of alkyl halides is 7. The molecule has 2 heterocycles. The molecule has 0 spiro atoms. The van der Waals surface area contributed by atoms with Gasteiger partial charge in [-0.1, -0.05) is 31.2 Å². The van der Waals surface area contributed by atoms with Crippen molar-refractivity contribution < 1.29 is 53.8 Å². The number of carbonyl (C=O) groups excluding carboxylic acids is 1. The molecule has 250 valence electrons. The Morgan fingerprint density at radius 3 is 2.22 bits per heavy atom. The third-order valence-electron chi connectivity index (χ3n) is 7.66. The third-order valence-corrected chi connectivity index (χ3v) is 9.41. The normalized spacial score (nSPS) is 18.2. The number of nitrogens with zero attached hydrogens (tertiary/aromatic N) is 2. The first-order valence-corrected chi connectivity index (χ1v) is 15.6. The van der Waals surface area contributed by atoms with E-state index in [4.69, 9.17) is 0 Å². The van der Waals surface area contributed by atoms with Crippen molar-refractivity contribution in [1.82, 2.24) is 10.3 Å². The molecule has 3 aromatic rings. The van der Waals surface area contributed by atoms with Crippen molar-refractivity contribution in [2.75, 3.05) is 30.4 Å². The van der Waals surface area contributed by atoms with E-state index in [9.17, 15) is 49.1 Å². The number of aromatic nitrogens is 1. The Balaban J connectivity index is 1.51. The summed E-state index contributed by atoms with van der Waals surface area (Å²) in [5, 5.41) is 12.5. The van der Waals surface area contributed by atoms with Gasteiger partial charge >= 0.3 is 18.7 Å². The summed E-state index contributed by atoms with van der Waals surface area (Å²) in [6.07, 6.45) is -12.1. The second kappa shape index (κ2) is 13.9. The molecule has 1 fully saturated rings. The van der Waals surface area contributed by atoms with E-state index in [1.54, 1.807) is 0 Å². The summed E-state index contributed by atoms with van der Waals surface area (Å²) < 4.78 is 120. The fourth-order valence-corrected chi connectivity index (χ4v) is 5.94. The number of pyridine rings is 1. The molecule has 16 heteroatoms. The Labute approximate surface area is 260 Å². The summed E-state index contributed by atoms with van der Waals surface area (Å²) in [6, 6.07) is 10.9. The highest BCUT2D eigenvalue weighted by molar-refractivity contribution is 7.91. The molecule has 1 saturated heterocycles. The number of anilines is 1. The van der Waals surface area contributed by atoms with Crippen LogP contribution in [-0.2, 0) is 20.8 Å². The average molecular weight is 678 g/mol. The first kappa shape index (κ1) is 35.1. The zero-order valence-corrected chi connectivity index (χ0v) is 25.0. The van der Waals surface area contributed by atoms with Gasteiger partial charge in [0.2, 0.25) is 0 Å². The maximum Gasteiger partial charge on any atom is 0.416 e. The number of hydrogen-bond acceptors (Lipinski definition) is 7. The summed E-state index contributed by atoms with van der Waals surface area (Å²) in [7, 11) is -3.45. The van der Waals surface area contributed by atoms with E-state index in [2.05, 4.69) is 15.0 Å². The molecule has 46 heavy (non-hydrogen) atoms. The maximum atomic E-state index is 13.6. The largest absolute Gasteiger partial charge is 0.416 e. The Bertz CT molecular complexity index is 1590. The Hall–Kier alpha value is -3.76. The molecule has 2 N–H and O–H groups in total. The smallest absolute Gasteiger partial charge is 0.394 e. The molecular weight excluding hydrogens is 647 g/mol. The van der Waals surface area contributed by atoms with Crippen LogP contribution in [-0.4, -0.2) is 68.5 Å². The van der Waals surface area contributed by atoms with Crippen molar-refractivity contribution in [3.05, 3.63) is 89.1 Å². The quantitative estimate of drug-likeness (QED) is 0.241. The topological polar surface area (TPSA) is 109 Å². The highest BCUT2D eigenvalue weighted by Gasteiger charge is 2.44. The molecule has 1 unspecified atom stereocenters. The molecule has 0 aliphatic carbocycles. The zero-order chi connectivity index (χ0) is 33.9. The van der Waals surface area contributed by atoms with Crippen LogP contribution in [0, 0.1) is 0 Å². The minimum atomic E-state index is -4.72. The van der Waals surface area contributed by atoms with Crippen molar-refractivity contribution in [2.45, 2.75) is 55.0 Å². The number of ether oxygens (including phenoxy) is 1. The van der Waals surface area contributed by atoms with Crippen molar-refractivity contribution >= 4 is 21.6 Å². The molecular formula is C30H30F7N3O5S. The van der Waals surface area contributed by atoms with Gasteiger partial charge in [-0.05, 0) is 53.9 Å². The van der Waals surface area contributed by atoms with E-state index in [0.29, 0.717) is 11.1 Å². The Morgan fingerprint density at radius 2 is 1.70 bits per heavy atom. The molecule has 1 aromatic heterocycles. The lowest BCUT2D eigenvalue weighted by atomic mass is 9.95. The van der Waals surface area contributed by atoms with Crippen molar-refractivity contribution in [3.8, 4) is 0 Å². The van der Waals surface area contributed by atoms with Gasteiger partial charge in [0.1, 0.15) is 5.82 Å². The van der Waals surface area contributed by atoms with Gasteiger partial charge in [0.15, 0.2) is 9.84 Å². The van der Waals surface area contributed by atoms with Crippen molar-refractivity contribution in [3.63, 3.8) is 0 Å². The van der Waals surface area contributed by atoms with Crippen LogP contribution in [0.25, 0.3) is 0 Å². The van der Waals surface area contributed by atoms with Crippen LogP contribution in [0.1, 0.15) is 52.4 Å². The molecule has 4 rings (SSSR count). The molecule has 0 saturated carbocycles. The monoisotopic (exact) mass is 677 g/mol. The van der Waals surface area contributed by atoms with Gasteiger partial charge in [-0.2, -0.15) is 22.0 Å². The number of halogens is 7. The highest BCUT2D eigenvalue weighted by Crippen LogP contribution is 2.37. The molecule has 3 atom stereocenters. The number of rotatable bonds is 12. The highest BCUT2D eigenvalue weighted by atomic mass is 32.2. The van der Waals surface area contributed by atoms with Crippen molar-refractivity contribution in [1.29, 1.82) is 0 Å². The number of sulfone groups is 1. The van der Waals surface area contributed by atoms with E-state index < -0.39 is 71.2 Å². The van der Waals surface area contributed by atoms with E-state index in [1.807, 2.05) is 0 Å². The molecule has 8 nitrogen and oxygen atoms in total. The molecule has 1 aliphatic heterocycles. The lowest BCUT2D eigenvalue weighted by Gasteiger charge is -2.27. The average Bonchev–Trinajstić information content (AvgIpc) is 3.46. The van der Waals surface area contributed by atoms with Crippen molar-refractivity contribution in [2.24, 2.45) is 0 Å². The van der Waals surface area contributed by atoms with Crippen LogP contribution in [0.15, 0.2) is 71.8 Å². The standard InChI is InChI=1S/C30H30F7N3O5S/c1-2-46(43,44)24-10-5-19(6-11-24)25(16-41)39-27(42)20-7-12-26(38-14-20)40-15-21(13-23(40)17-45-30(36,37)28(31)32)18-3-8-22(9-4-18)29(33,34)35/h3-12,14,21,23,25,28,41H,2,13,15-17H2,1H3,(H,39,42)/t21?,23-,25-/m0/s1. The van der Waals surface area contributed by atoms with Gasteiger partial charge in [0, 0.05) is 18.7 Å². The Kier molecular flexibility index (Phi) is 10.6. The summed E-state index contributed by atoms with van der Waals surface area (Å²) in [5.74, 6) is -1.06. The molecule has 1 aliphatic rings. The van der Waals surface area contributed by atoms with Crippen LogP contribution >= 0.6 is 0 Å². The van der Waals surface area contributed by atoms with Gasteiger partial charge in [0.05, 0.1) is 47.1 Å². The summed E-state index contributed by atoms with van der Waals surface area (Å²) in [5.41, 5.74) is 0.0728. The minimum Gasteiger partial charge on any atom is -0.394 e. The predicted molar refractivity (Wildman–Crippen MR) is 153 cm³/mol. The van der Waals surface area contributed by atoms with E-state index >= 15 is 0 Å². The van der Waals surface area contributed by atoms with Crippen LogP contribution in [0.3, 0.4) is 0 Å². The fraction of sp³-hybridized carbons (Fsp3) is 0.400. The predicted octanol–water partition coefficient (Wildman–Crippen LogP) is 5.59. The second-order valence-electron chi connectivity index (χ2n) is 10.6. The minimum absolute atomic E-state index is 0.0444. The number of aliphatic hydroxyl groups excluding tert-OH is 1. The van der Waals surface area contributed by atoms with E-state index in [-0.39, 0.29) is 35.0 Å². The summed E-state index contributed by atoms with van der Waals surface area (Å²) in [4.78, 5) is 18.8. The van der Waals surface area contributed by atoms with E-state index in [0.717, 1.165) is 12.1 Å². The molecule has 0 bridgehead atoms. The second-order valence-corrected chi connectivity index (χ2v) is 12.9. The first-order chi connectivity index (χ1) is 21.6. The Morgan fingerprint density at radius 1 is 1.04 bits per heavy atom. The van der Waals surface area contributed by atoms with Gasteiger partial charge in [-0.25, -0.2) is 22.2 Å². The van der Waals surface area contributed by atoms with Crippen LogP contribution in [0.2, 0.25) is 0 Å². The maximum absolute atomic E-state index is 13.6. The molecule has 1 amide bonds. The van der Waals surface area contributed by atoms with Crippen LogP contribution in [0.5, 0.6) is 0 Å². The summed E-state index contributed by atoms with van der Waals surface area (Å²) >= 11 is 0. The van der Waals surface area contributed by atoms with Gasteiger partial charge in [-0.3, -0.25) is 4.79 Å². The number of benzene rings is 2. The molecule has 0 radical (unpaired) electrons.